The zero-order valence-electron chi connectivity index (χ0n) is 14.3. The van der Waals surface area contributed by atoms with Crippen LogP contribution in [0, 0.1) is 0 Å². The molecule has 27 heavy (non-hydrogen) atoms. The normalized spacial score (nSPS) is 20.1. The Hall–Kier alpha value is -3.00. The number of fused-ring (bicyclic) bond motifs is 1. The number of ether oxygens (including phenoxy) is 2. The maximum atomic E-state index is 12.7. The van der Waals surface area contributed by atoms with Gasteiger partial charge in [-0.05, 0) is 29.8 Å². The minimum atomic E-state index is -0.618. The third-order valence-electron chi connectivity index (χ3n) is 4.22. The molecule has 2 aromatic carbocycles. The second-order valence-corrected chi connectivity index (χ2v) is 7.28. The van der Waals surface area contributed by atoms with Crippen molar-refractivity contribution in [1.82, 2.24) is 4.90 Å². The first-order chi connectivity index (χ1) is 13.1. The SMILES string of the molecule is NC(=O)[C@H]1CC(=O)N(Cc2ccc3c(c2)OCO3)C(=Nc2ccccc2)S1. The first kappa shape index (κ1) is 17.4. The molecule has 7 nitrogen and oxygen atoms in total. The lowest BCUT2D eigenvalue weighted by Crippen LogP contribution is -2.45. The molecule has 2 aliphatic rings. The molecule has 2 aliphatic heterocycles. The molecule has 2 aromatic rings. The fourth-order valence-corrected chi connectivity index (χ4v) is 3.89. The zero-order valence-corrected chi connectivity index (χ0v) is 15.1. The maximum absolute atomic E-state index is 12.7. The molecule has 2 heterocycles. The highest BCUT2D eigenvalue weighted by Crippen LogP contribution is 2.34. The standard InChI is InChI=1S/C19H17N3O4S/c20-18(24)16-9-17(23)22(19(27-16)21-13-4-2-1-3-5-13)10-12-6-7-14-15(8-12)26-11-25-14/h1-8,16H,9-11H2,(H2,20,24)/t16-/m1/s1. The summed E-state index contributed by atoms with van der Waals surface area (Å²) in [6.07, 6.45) is 0.0539. The molecule has 8 heteroatoms. The van der Waals surface area contributed by atoms with Crippen LogP contribution in [-0.4, -0.2) is 33.9 Å². The Labute approximate surface area is 160 Å². The van der Waals surface area contributed by atoms with Gasteiger partial charge in [-0.2, -0.15) is 0 Å². The molecular weight excluding hydrogens is 366 g/mol. The van der Waals surface area contributed by atoms with Gasteiger partial charge in [0.2, 0.25) is 18.6 Å². The second kappa shape index (κ2) is 7.32. The van der Waals surface area contributed by atoms with Gasteiger partial charge < -0.3 is 15.2 Å². The monoisotopic (exact) mass is 383 g/mol. The predicted octanol–water partition coefficient (Wildman–Crippen LogP) is 2.42. The van der Waals surface area contributed by atoms with Crippen molar-refractivity contribution in [1.29, 1.82) is 0 Å². The van der Waals surface area contributed by atoms with Crippen LogP contribution in [0.3, 0.4) is 0 Å². The number of para-hydroxylation sites is 1. The van der Waals surface area contributed by atoms with Gasteiger partial charge in [0.15, 0.2) is 16.7 Å². The minimum Gasteiger partial charge on any atom is -0.454 e. The van der Waals surface area contributed by atoms with Gasteiger partial charge >= 0.3 is 0 Å². The number of primary amides is 1. The van der Waals surface area contributed by atoms with Crippen LogP contribution < -0.4 is 15.2 Å². The number of amidine groups is 1. The average molecular weight is 383 g/mol. The highest BCUT2D eigenvalue weighted by molar-refractivity contribution is 8.15. The van der Waals surface area contributed by atoms with Crippen LogP contribution in [0.5, 0.6) is 11.5 Å². The molecule has 138 valence electrons. The van der Waals surface area contributed by atoms with Crippen LogP contribution in [0.1, 0.15) is 12.0 Å². The van der Waals surface area contributed by atoms with Gasteiger partial charge in [0, 0.05) is 6.42 Å². The molecule has 0 saturated carbocycles. The smallest absolute Gasteiger partial charge is 0.231 e. The second-order valence-electron chi connectivity index (χ2n) is 6.11. The molecule has 1 atom stereocenters. The molecule has 1 fully saturated rings. The predicted molar refractivity (Wildman–Crippen MR) is 102 cm³/mol. The molecule has 2 N–H and O–H groups in total. The number of nitrogens with two attached hydrogens (primary N) is 1. The van der Waals surface area contributed by atoms with E-state index in [2.05, 4.69) is 4.99 Å². The molecule has 0 spiro atoms. The Balaban J connectivity index is 1.64. The number of nitrogens with zero attached hydrogens (tertiary/aromatic N) is 2. The van der Waals surface area contributed by atoms with Crippen molar-refractivity contribution in [2.45, 2.75) is 18.2 Å². The van der Waals surface area contributed by atoms with E-state index in [0.29, 0.717) is 28.9 Å². The Morgan fingerprint density at radius 3 is 2.74 bits per heavy atom. The van der Waals surface area contributed by atoms with Crippen molar-refractivity contribution in [2.75, 3.05) is 6.79 Å². The molecule has 4 rings (SSSR count). The summed E-state index contributed by atoms with van der Waals surface area (Å²) in [4.78, 5) is 30.5. The number of aliphatic imine (C=N–C) groups is 1. The molecule has 0 radical (unpaired) electrons. The van der Waals surface area contributed by atoms with Crippen LogP contribution in [0.25, 0.3) is 0 Å². The minimum absolute atomic E-state index is 0.0539. The summed E-state index contributed by atoms with van der Waals surface area (Å²) in [5, 5.41) is -0.160. The van der Waals surface area contributed by atoms with Crippen molar-refractivity contribution in [3.8, 4) is 11.5 Å². The highest BCUT2D eigenvalue weighted by atomic mass is 32.2. The Bertz CT molecular complexity index is 916. The molecule has 0 unspecified atom stereocenters. The van der Waals surface area contributed by atoms with E-state index in [-0.39, 0.29) is 19.1 Å². The molecule has 0 aliphatic carbocycles. The molecule has 1 saturated heterocycles. The average Bonchev–Trinajstić information content (AvgIpc) is 3.13. The molecule has 0 bridgehead atoms. The summed E-state index contributed by atoms with van der Waals surface area (Å²) in [7, 11) is 0. The lowest BCUT2D eigenvalue weighted by molar-refractivity contribution is -0.130. The number of hydrogen-bond acceptors (Lipinski definition) is 6. The summed E-state index contributed by atoms with van der Waals surface area (Å²) >= 11 is 1.22. The third-order valence-corrected chi connectivity index (χ3v) is 5.42. The van der Waals surface area contributed by atoms with E-state index in [1.54, 1.807) is 4.90 Å². The fraction of sp³-hybridized carbons (Fsp3) is 0.211. The molecule has 2 amide bonds. The lowest BCUT2D eigenvalue weighted by Gasteiger charge is -2.31. The number of carbonyl (C=O) groups excluding carboxylic acids is 2. The van der Waals surface area contributed by atoms with Gasteiger partial charge in [-0.15, -0.1) is 0 Å². The summed E-state index contributed by atoms with van der Waals surface area (Å²) in [6, 6.07) is 14.8. The lowest BCUT2D eigenvalue weighted by atomic mass is 10.1. The van der Waals surface area contributed by atoms with Gasteiger partial charge in [-0.3, -0.25) is 14.5 Å². The number of carbonyl (C=O) groups is 2. The molecular formula is C19H17N3O4S. The molecule has 0 aromatic heterocycles. The van der Waals surface area contributed by atoms with Crippen molar-refractivity contribution in [3.63, 3.8) is 0 Å². The summed E-state index contributed by atoms with van der Waals surface area (Å²) in [5.41, 5.74) is 7.01. The summed E-state index contributed by atoms with van der Waals surface area (Å²) in [5.74, 6) is 0.632. The zero-order chi connectivity index (χ0) is 18.8. The van der Waals surface area contributed by atoms with Gasteiger partial charge in [0.1, 0.15) is 0 Å². The Morgan fingerprint density at radius 1 is 1.19 bits per heavy atom. The van der Waals surface area contributed by atoms with Crippen LogP contribution in [0.15, 0.2) is 53.5 Å². The van der Waals surface area contributed by atoms with E-state index in [4.69, 9.17) is 15.2 Å². The van der Waals surface area contributed by atoms with Crippen molar-refractivity contribution >= 4 is 34.4 Å². The van der Waals surface area contributed by atoms with Crippen molar-refractivity contribution < 1.29 is 19.1 Å². The Kier molecular flexibility index (Phi) is 4.72. The summed E-state index contributed by atoms with van der Waals surface area (Å²) < 4.78 is 10.7. The number of hydrogen-bond donors (Lipinski definition) is 1. The first-order valence-electron chi connectivity index (χ1n) is 8.39. The highest BCUT2D eigenvalue weighted by Gasteiger charge is 2.35. The van der Waals surface area contributed by atoms with E-state index in [1.165, 1.54) is 11.8 Å². The van der Waals surface area contributed by atoms with E-state index in [1.807, 2.05) is 48.5 Å². The topological polar surface area (TPSA) is 94.2 Å². The first-order valence-corrected chi connectivity index (χ1v) is 9.27. The van der Waals surface area contributed by atoms with Crippen LogP contribution in [-0.2, 0) is 16.1 Å². The van der Waals surface area contributed by atoms with Crippen molar-refractivity contribution in [3.05, 3.63) is 54.1 Å². The number of benzene rings is 2. The number of rotatable bonds is 4. The van der Waals surface area contributed by atoms with Gasteiger partial charge in [0.25, 0.3) is 0 Å². The van der Waals surface area contributed by atoms with Gasteiger partial charge in [-0.1, -0.05) is 36.0 Å². The van der Waals surface area contributed by atoms with Crippen LogP contribution in [0.4, 0.5) is 5.69 Å². The van der Waals surface area contributed by atoms with Gasteiger partial charge in [-0.25, -0.2) is 4.99 Å². The fourth-order valence-electron chi connectivity index (χ4n) is 2.84. The largest absolute Gasteiger partial charge is 0.454 e. The van der Waals surface area contributed by atoms with E-state index < -0.39 is 11.2 Å². The Morgan fingerprint density at radius 2 is 1.96 bits per heavy atom. The van der Waals surface area contributed by atoms with Crippen LogP contribution in [0.2, 0.25) is 0 Å². The number of thioether (sulfide) groups is 1. The van der Waals surface area contributed by atoms with E-state index in [0.717, 1.165) is 5.56 Å². The van der Waals surface area contributed by atoms with Crippen molar-refractivity contribution in [2.24, 2.45) is 10.7 Å². The third kappa shape index (κ3) is 3.75. The number of amides is 2. The van der Waals surface area contributed by atoms with Crippen LogP contribution >= 0.6 is 11.8 Å². The van der Waals surface area contributed by atoms with E-state index in [9.17, 15) is 9.59 Å². The maximum Gasteiger partial charge on any atom is 0.231 e. The van der Waals surface area contributed by atoms with E-state index >= 15 is 0 Å². The summed E-state index contributed by atoms with van der Waals surface area (Å²) in [6.45, 7) is 0.512. The van der Waals surface area contributed by atoms with Gasteiger partial charge in [0.05, 0.1) is 17.5 Å². The quantitative estimate of drug-likeness (QED) is 0.875.